The molecule has 1 saturated heterocycles. The lowest BCUT2D eigenvalue weighted by Crippen LogP contribution is -2.47. The summed E-state index contributed by atoms with van der Waals surface area (Å²) in [6.07, 6.45) is 4.27. The van der Waals surface area contributed by atoms with Gasteiger partial charge in [-0.3, -0.25) is 0 Å². The molecule has 0 bridgehead atoms. The highest BCUT2D eigenvalue weighted by Crippen LogP contribution is 2.20. The molecule has 0 aliphatic carbocycles. The second-order valence-electron chi connectivity index (χ2n) is 6.80. The third-order valence-electron chi connectivity index (χ3n) is 4.80. The lowest BCUT2D eigenvalue weighted by Gasteiger charge is -2.36. The van der Waals surface area contributed by atoms with Crippen LogP contribution in [0, 0.1) is 6.92 Å². The summed E-state index contributed by atoms with van der Waals surface area (Å²) in [5, 5.41) is 0. The van der Waals surface area contributed by atoms with Crippen molar-refractivity contribution in [3.63, 3.8) is 0 Å². The number of aromatic nitrogens is 2. The third-order valence-corrected chi connectivity index (χ3v) is 4.80. The molecule has 0 radical (unpaired) electrons. The van der Waals surface area contributed by atoms with Gasteiger partial charge in [-0.1, -0.05) is 25.5 Å². The molecule has 0 atom stereocenters. The van der Waals surface area contributed by atoms with Gasteiger partial charge in [-0.15, -0.1) is 0 Å². The van der Waals surface area contributed by atoms with E-state index in [-0.39, 0.29) is 0 Å². The van der Waals surface area contributed by atoms with Crippen molar-refractivity contribution in [2.24, 2.45) is 0 Å². The fraction of sp³-hybridized carbons (Fsp3) is 0.500. The Balaban J connectivity index is 1.63. The topological polar surface area (TPSA) is 35.5 Å². The summed E-state index contributed by atoms with van der Waals surface area (Å²) in [7, 11) is 2.11. The van der Waals surface area contributed by atoms with E-state index in [2.05, 4.69) is 64.8 Å². The van der Waals surface area contributed by atoms with Gasteiger partial charge in [0.05, 0.1) is 0 Å². The zero-order chi connectivity index (χ0) is 17.6. The van der Waals surface area contributed by atoms with Crippen LogP contribution >= 0.6 is 0 Å². The summed E-state index contributed by atoms with van der Waals surface area (Å²) in [5.41, 5.74) is 2.62. The Morgan fingerprint density at radius 3 is 2.56 bits per heavy atom. The van der Waals surface area contributed by atoms with Gasteiger partial charge in [0, 0.05) is 51.7 Å². The van der Waals surface area contributed by atoms with Crippen LogP contribution in [0.25, 0.3) is 0 Å². The summed E-state index contributed by atoms with van der Waals surface area (Å²) in [5.74, 6) is 1.87. The molecule has 0 amide bonds. The Labute approximate surface area is 151 Å². The Morgan fingerprint density at radius 2 is 1.84 bits per heavy atom. The number of rotatable bonds is 6. The van der Waals surface area contributed by atoms with Gasteiger partial charge in [0.1, 0.15) is 5.82 Å². The van der Waals surface area contributed by atoms with E-state index in [4.69, 9.17) is 4.98 Å². The smallest absolute Gasteiger partial charge is 0.227 e. The minimum absolute atomic E-state index is 0.852. The Hall–Kier alpha value is -2.30. The lowest BCUT2D eigenvalue weighted by molar-refractivity contribution is 0.639. The average molecular weight is 339 g/mol. The van der Waals surface area contributed by atoms with Crippen molar-refractivity contribution in [2.45, 2.75) is 26.7 Å². The van der Waals surface area contributed by atoms with Crippen LogP contribution in [-0.2, 0) is 0 Å². The molecule has 1 aliphatic rings. The van der Waals surface area contributed by atoms with Crippen molar-refractivity contribution in [2.75, 3.05) is 54.5 Å². The molecule has 134 valence electrons. The van der Waals surface area contributed by atoms with Crippen LogP contribution in [-0.4, -0.2) is 49.7 Å². The van der Waals surface area contributed by atoms with Gasteiger partial charge in [-0.05, 0) is 37.1 Å². The van der Waals surface area contributed by atoms with Crippen molar-refractivity contribution < 1.29 is 0 Å². The monoisotopic (exact) mass is 339 g/mol. The first-order valence-electron chi connectivity index (χ1n) is 9.28. The highest BCUT2D eigenvalue weighted by molar-refractivity contribution is 5.51. The highest BCUT2D eigenvalue weighted by atomic mass is 15.3. The number of hydrogen-bond donors (Lipinski definition) is 0. The van der Waals surface area contributed by atoms with Crippen LogP contribution in [0.1, 0.15) is 25.3 Å². The van der Waals surface area contributed by atoms with Crippen molar-refractivity contribution in [3.8, 4) is 0 Å². The lowest BCUT2D eigenvalue weighted by atomic mass is 10.2. The molecule has 0 unspecified atom stereocenters. The summed E-state index contributed by atoms with van der Waals surface area (Å²) in [4.78, 5) is 16.3. The maximum atomic E-state index is 4.78. The van der Waals surface area contributed by atoms with Gasteiger partial charge in [0.2, 0.25) is 5.95 Å². The van der Waals surface area contributed by atoms with E-state index >= 15 is 0 Å². The number of unbranched alkanes of at least 4 members (excludes halogenated alkanes) is 1. The van der Waals surface area contributed by atoms with Crippen molar-refractivity contribution in [1.29, 1.82) is 0 Å². The van der Waals surface area contributed by atoms with Gasteiger partial charge in [-0.25, -0.2) is 4.98 Å². The van der Waals surface area contributed by atoms with E-state index in [0.717, 1.165) is 44.5 Å². The number of benzene rings is 1. The minimum Gasteiger partial charge on any atom is -0.368 e. The van der Waals surface area contributed by atoms with Crippen molar-refractivity contribution in [3.05, 3.63) is 42.1 Å². The van der Waals surface area contributed by atoms with E-state index in [9.17, 15) is 0 Å². The largest absolute Gasteiger partial charge is 0.368 e. The molecule has 0 N–H and O–H groups in total. The molecule has 3 rings (SSSR count). The molecule has 2 heterocycles. The second-order valence-corrected chi connectivity index (χ2v) is 6.80. The van der Waals surface area contributed by atoms with E-state index in [0.29, 0.717) is 0 Å². The predicted octanol–water partition coefficient (Wildman–Crippen LogP) is 3.35. The molecule has 0 saturated carbocycles. The van der Waals surface area contributed by atoms with Crippen LogP contribution in [0.4, 0.5) is 17.5 Å². The fourth-order valence-corrected chi connectivity index (χ4v) is 3.20. The van der Waals surface area contributed by atoms with Crippen LogP contribution in [0.3, 0.4) is 0 Å². The van der Waals surface area contributed by atoms with E-state index in [1.165, 1.54) is 24.1 Å². The number of piperazine rings is 1. The van der Waals surface area contributed by atoms with Gasteiger partial charge in [-0.2, -0.15) is 4.98 Å². The summed E-state index contributed by atoms with van der Waals surface area (Å²) < 4.78 is 0. The summed E-state index contributed by atoms with van der Waals surface area (Å²) in [6.45, 7) is 9.31. The number of aryl methyl sites for hydroxylation is 1. The normalized spacial score (nSPS) is 14.7. The van der Waals surface area contributed by atoms with Crippen LogP contribution < -0.4 is 14.7 Å². The van der Waals surface area contributed by atoms with Gasteiger partial charge in [0.15, 0.2) is 0 Å². The first kappa shape index (κ1) is 17.5. The molecule has 25 heavy (non-hydrogen) atoms. The highest BCUT2D eigenvalue weighted by Gasteiger charge is 2.19. The van der Waals surface area contributed by atoms with Crippen molar-refractivity contribution >= 4 is 17.5 Å². The molecule has 1 aliphatic heterocycles. The summed E-state index contributed by atoms with van der Waals surface area (Å²) >= 11 is 0. The maximum absolute atomic E-state index is 4.78. The first-order chi connectivity index (χ1) is 12.2. The standard InChI is InChI=1S/C20H29N5/c1-4-5-11-23(3)19-9-10-21-20(22-19)25-14-12-24(13-15-25)18-8-6-7-17(2)16-18/h6-10,16H,4-5,11-15H2,1-3H3. The molecule has 1 aromatic heterocycles. The van der Waals surface area contributed by atoms with E-state index in [1.54, 1.807) is 0 Å². The number of nitrogens with zero attached hydrogens (tertiary/aromatic N) is 5. The Bertz CT molecular complexity index is 679. The fourth-order valence-electron chi connectivity index (χ4n) is 3.20. The Kier molecular flexibility index (Phi) is 5.74. The van der Waals surface area contributed by atoms with Gasteiger partial charge >= 0.3 is 0 Å². The van der Waals surface area contributed by atoms with Crippen LogP contribution in [0.5, 0.6) is 0 Å². The molecule has 5 nitrogen and oxygen atoms in total. The van der Waals surface area contributed by atoms with Crippen LogP contribution in [0.2, 0.25) is 0 Å². The van der Waals surface area contributed by atoms with Gasteiger partial charge < -0.3 is 14.7 Å². The maximum Gasteiger partial charge on any atom is 0.227 e. The van der Waals surface area contributed by atoms with E-state index in [1.807, 2.05) is 12.3 Å². The number of anilines is 3. The van der Waals surface area contributed by atoms with Crippen molar-refractivity contribution in [1.82, 2.24) is 9.97 Å². The molecule has 2 aromatic rings. The molecule has 0 spiro atoms. The van der Waals surface area contributed by atoms with Gasteiger partial charge in [0.25, 0.3) is 0 Å². The summed E-state index contributed by atoms with van der Waals surface area (Å²) in [6, 6.07) is 10.7. The molecule has 1 aromatic carbocycles. The quantitative estimate of drug-likeness (QED) is 0.806. The SMILES string of the molecule is CCCCN(C)c1ccnc(N2CCN(c3cccc(C)c3)CC2)n1. The zero-order valence-corrected chi connectivity index (χ0v) is 15.6. The molecule has 5 heteroatoms. The molecular formula is C20H29N5. The second kappa shape index (κ2) is 8.19. The average Bonchev–Trinajstić information content (AvgIpc) is 2.66. The zero-order valence-electron chi connectivity index (χ0n) is 15.6. The third kappa shape index (κ3) is 4.41. The molecule has 1 fully saturated rings. The predicted molar refractivity (Wildman–Crippen MR) is 106 cm³/mol. The first-order valence-corrected chi connectivity index (χ1v) is 9.28. The Morgan fingerprint density at radius 1 is 1.08 bits per heavy atom. The van der Waals surface area contributed by atoms with Crippen LogP contribution in [0.15, 0.2) is 36.5 Å². The molecular weight excluding hydrogens is 310 g/mol. The van der Waals surface area contributed by atoms with E-state index < -0.39 is 0 Å². The minimum atomic E-state index is 0.852. The number of hydrogen-bond acceptors (Lipinski definition) is 5.